The monoisotopic (exact) mass is 367 g/mol. The molecule has 0 spiro atoms. The van der Waals surface area contributed by atoms with Crippen LogP contribution in [0.1, 0.15) is 21.1 Å². The molecule has 130 valence electrons. The molecule has 0 bridgehead atoms. The van der Waals surface area contributed by atoms with Gasteiger partial charge < -0.3 is 9.84 Å². The lowest BCUT2D eigenvalue weighted by Crippen LogP contribution is -2.25. The van der Waals surface area contributed by atoms with Gasteiger partial charge in [-0.1, -0.05) is 23.4 Å². The molecule has 25 heavy (non-hydrogen) atoms. The molecule has 5 nitrogen and oxygen atoms in total. The number of carbonyl (C=O) groups excluding carboxylic acids is 1. The molecule has 0 atom stereocenters. The Morgan fingerprint density at radius 3 is 2.56 bits per heavy atom. The average molecular weight is 367 g/mol. The van der Waals surface area contributed by atoms with Gasteiger partial charge in [-0.25, -0.2) is 0 Å². The van der Waals surface area contributed by atoms with E-state index >= 15 is 0 Å². The molecule has 0 fully saturated rings. The van der Waals surface area contributed by atoms with Gasteiger partial charge in [-0.2, -0.15) is 18.2 Å². The first-order chi connectivity index (χ1) is 11.9. The molecular weight excluding hydrogens is 355 g/mol. The standard InChI is InChI=1S/C16H12F3N3O2S/c17-16(18,19)15-21-13(22-24-15)10-3-5-11(6-4-10)14(23)20-8-7-12-2-1-9-25-12/h1-6,9H,7-8H2,(H,20,23). The fourth-order valence-corrected chi connectivity index (χ4v) is 2.79. The number of alkyl halides is 3. The van der Waals surface area contributed by atoms with E-state index in [0.717, 1.165) is 6.42 Å². The minimum absolute atomic E-state index is 0.183. The van der Waals surface area contributed by atoms with Crippen LogP contribution >= 0.6 is 11.3 Å². The lowest BCUT2D eigenvalue weighted by molar-refractivity contribution is -0.159. The molecule has 1 N–H and O–H groups in total. The predicted octanol–water partition coefficient (Wildman–Crippen LogP) is 3.79. The summed E-state index contributed by atoms with van der Waals surface area (Å²) in [5.41, 5.74) is 0.726. The second-order valence-corrected chi connectivity index (χ2v) is 6.12. The second kappa shape index (κ2) is 7.06. The van der Waals surface area contributed by atoms with Crippen molar-refractivity contribution in [1.29, 1.82) is 0 Å². The highest BCUT2D eigenvalue weighted by molar-refractivity contribution is 7.09. The Kier molecular flexibility index (Phi) is 4.84. The molecule has 9 heteroatoms. The highest BCUT2D eigenvalue weighted by Gasteiger charge is 2.38. The summed E-state index contributed by atoms with van der Waals surface area (Å²) in [7, 11) is 0. The number of nitrogens with zero attached hydrogens (tertiary/aromatic N) is 2. The fraction of sp³-hybridized carbons (Fsp3) is 0.188. The van der Waals surface area contributed by atoms with Crippen molar-refractivity contribution in [3.05, 3.63) is 58.1 Å². The highest BCUT2D eigenvalue weighted by Crippen LogP contribution is 2.29. The number of amides is 1. The SMILES string of the molecule is O=C(NCCc1cccs1)c1ccc(-c2noc(C(F)(F)F)n2)cc1. The van der Waals surface area contributed by atoms with Gasteiger partial charge >= 0.3 is 12.1 Å². The molecule has 0 aliphatic carbocycles. The van der Waals surface area contributed by atoms with Crippen molar-refractivity contribution < 1.29 is 22.5 Å². The maximum atomic E-state index is 12.5. The van der Waals surface area contributed by atoms with Crippen molar-refractivity contribution in [2.75, 3.05) is 6.54 Å². The van der Waals surface area contributed by atoms with Crippen LogP contribution in [0.2, 0.25) is 0 Å². The molecule has 0 aliphatic heterocycles. The van der Waals surface area contributed by atoms with E-state index in [1.807, 2.05) is 17.5 Å². The Hall–Kier alpha value is -2.68. The van der Waals surface area contributed by atoms with Crippen LogP contribution in [-0.4, -0.2) is 22.6 Å². The molecule has 0 saturated carbocycles. The number of thiophene rings is 1. The number of benzene rings is 1. The van der Waals surface area contributed by atoms with Crippen molar-refractivity contribution >= 4 is 17.2 Å². The molecule has 2 aromatic heterocycles. The molecule has 1 aromatic carbocycles. The third kappa shape index (κ3) is 4.24. The van der Waals surface area contributed by atoms with Crippen molar-refractivity contribution in [1.82, 2.24) is 15.5 Å². The molecule has 0 saturated heterocycles. The van der Waals surface area contributed by atoms with Gasteiger partial charge in [0.05, 0.1) is 0 Å². The highest BCUT2D eigenvalue weighted by atomic mass is 32.1. The maximum absolute atomic E-state index is 12.5. The van der Waals surface area contributed by atoms with E-state index in [1.54, 1.807) is 11.3 Å². The second-order valence-electron chi connectivity index (χ2n) is 5.08. The first-order valence-corrected chi connectivity index (χ1v) is 8.13. The Bertz CT molecular complexity index is 842. The zero-order valence-corrected chi connectivity index (χ0v) is 13.5. The Morgan fingerprint density at radius 1 is 1.20 bits per heavy atom. The maximum Gasteiger partial charge on any atom is 0.471 e. The molecule has 0 aliphatic rings. The number of rotatable bonds is 5. The molecule has 0 unspecified atom stereocenters. The zero-order chi connectivity index (χ0) is 17.9. The fourth-order valence-electron chi connectivity index (χ4n) is 2.08. The predicted molar refractivity (Wildman–Crippen MR) is 85.1 cm³/mol. The summed E-state index contributed by atoms with van der Waals surface area (Å²) in [5.74, 6) is -1.85. The van der Waals surface area contributed by atoms with E-state index in [4.69, 9.17) is 0 Å². The molecule has 1 amide bonds. The van der Waals surface area contributed by atoms with Crippen LogP contribution in [0.5, 0.6) is 0 Å². The molecule has 0 radical (unpaired) electrons. The van der Waals surface area contributed by atoms with Crippen LogP contribution in [0.4, 0.5) is 13.2 Å². The number of nitrogens with one attached hydrogen (secondary N) is 1. The lowest BCUT2D eigenvalue weighted by Gasteiger charge is -2.04. The lowest BCUT2D eigenvalue weighted by atomic mass is 10.1. The van der Waals surface area contributed by atoms with Gasteiger partial charge in [0.1, 0.15) is 0 Å². The third-order valence-electron chi connectivity index (χ3n) is 3.31. The summed E-state index contributed by atoms with van der Waals surface area (Å²) >= 11 is 1.62. The number of carbonyl (C=O) groups is 1. The van der Waals surface area contributed by atoms with E-state index in [0.29, 0.717) is 17.7 Å². The number of hydrogen-bond acceptors (Lipinski definition) is 5. The normalized spacial score (nSPS) is 11.5. The van der Waals surface area contributed by atoms with Crippen molar-refractivity contribution in [3.8, 4) is 11.4 Å². The van der Waals surface area contributed by atoms with Gasteiger partial charge in [-0.15, -0.1) is 11.3 Å². The van der Waals surface area contributed by atoms with Crippen LogP contribution in [0, 0.1) is 0 Å². The Balaban J connectivity index is 1.61. The van der Waals surface area contributed by atoms with Crippen LogP contribution in [0.3, 0.4) is 0 Å². The van der Waals surface area contributed by atoms with E-state index in [2.05, 4.69) is 20.0 Å². The summed E-state index contributed by atoms with van der Waals surface area (Å²) in [6, 6.07) is 9.88. The van der Waals surface area contributed by atoms with Gasteiger partial charge in [0.15, 0.2) is 0 Å². The quantitative estimate of drug-likeness (QED) is 0.745. The number of halogens is 3. The molecule has 3 aromatic rings. The molecule has 3 rings (SSSR count). The summed E-state index contributed by atoms with van der Waals surface area (Å²) < 4.78 is 41.6. The van der Waals surface area contributed by atoms with E-state index in [-0.39, 0.29) is 11.7 Å². The van der Waals surface area contributed by atoms with Crippen LogP contribution < -0.4 is 5.32 Å². The molecule has 2 heterocycles. The van der Waals surface area contributed by atoms with Crippen LogP contribution in [0.15, 0.2) is 46.3 Å². The summed E-state index contributed by atoms with van der Waals surface area (Å²) in [4.78, 5) is 16.5. The van der Waals surface area contributed by atoms with Gasteiger partial charge in [0.2, 0.25) is 5.82 Å². The van der Waals surface area contributed by atoms with Gasteiger partial charge in [-0.05, 0) is 30.0 Å². The molecular formula is C16H12F3N3O2S. The van der Waals surface area contributed by atoms with Gasteiger partial charge in [-0.3, -0.25) is 4.79 Å². The first-order valence-electron chi connectivity index (χ1n) is 7.25. The number of hydrogen-bond donors (Lipinski definition) is 1. The largest absolute Gasteiger partial charge is 0.471 e. The van der Waals surface area contributed by atoms with Gasteiger partial charge in [0.25, 0.3) is 5.91 Å². The van der Waals surface area contributed by atoms with E-state index in [9.17, 15) is 18.0 Å². The van der Waals surface area contributed by atoms with Crippen molar-refractivity contribution in [3.63, 3.8) is 0 Å². The minimum Gasteiger partial charge on any atom is -0.352 e. The van der Waals surface area contributed by atoms with Crippen molar-refractivity contribution in [2.45, 2.75) is 12.6 Å². The van der Waals surface area contributed by atoms with Crippen LogP contribution in [-0.2, 0) is 12.6 Å². The minimum atomic E-state index is -4.69. The Morgan fingerprint density at radius 2 is 1.96 bits per heavy atom. The zero-order valence-electron chi connectivity index (χ0n) is 12.7. The van der Waals surface area contributed by atoms with Gasteiger partial charge in [0, 0.05) is 22.5 Å². The Labute approximate surface area is 144 Å². The summed E-state index contributed by atoms with van der Waals surface area (Å²) in [6.45, 7) is 0.501. The van der Waals surface area contributed by atoms with E-state index < -0.39 is 12.1 Å². The smallest absolute Gasteiger partial charge is 0.352 e. The first kappa shape index (κ1) is 17.2. The third-order valence-corrected chi connectivity index (χ3v) is 4.25. The van der Waals surface area contributed by atoms with Crippen LogP contribution in [0.25, 0.3) is 11.4 Å². The topological polar surface area (TPSA) is 68.0 Å². The summed E-state index contributed by atoms with van der Waals surface area (Å²) in [5, 5.41) is 8.06. The van der Waals surface area contributed by atoms with E-state index in [1.165, 1.54) is 29.1 Å². The average Bonchev–Trinajstić information content (AvgIpc) is 3.26. The number of aromatic nitrogens is 2. The van der Waals surface area contributed by atoms with Crippen molar-refractivity contribution in [2.24, 2.45) is 0 Å². The summed E-state index contributed by atoms with van der Waals surface area (Å²) in [6.07, 6.45) is -3.95.